The Labute approximate surface area is 80.1 Å². The lowest BCUT2D eigenvalue weighted by atomic mass is 9.79. The molecule has 3 heteroatoms. The van der Waals surface area contributed by atoms with Gasteiger partial charge in [-0.2, -0.15) is 0 Å². The molecule has 0 aromatic heterocycles. The first-order valence-corrected chi connectivity index (χ1v) is 5.01. The number of hydrogen-bond donors (Lipinski definition) is 2. The topological polar surface area (TPSA) is 24.1 Å². The van der Waals surface area contributed by atoms with Crippen LogP contribution < -0.4 is 10.6 Å². The molecule has 1 aliphatic rings. The van der Waals surface area contributed by atoms with Crippen molar-refractivity contribution in [3.8, 4) is 0 Å². The van der Waals surface area contributed by atoms with Crippen molar-refractivity contribution in [1.29, 1.82) is 0 Å². The fourth-order valence-electron chi connectivity index (χ4n) is 1.40. The minimum atomic E-state index is 0.277. The number of nitrogens with one attached hydrogen (secondary N) is 2. The van der Waals surface area contributed by atoms with Crippen molar-refractivity contribution in [3.05, 3.63) is 0 Å². The van der Waals surface area contributed by atoms with E-state index in [1.807, 2.05) is 0 Å². The molecule has 0 atom stereocenters. The predicted octanol–water partition coefficient (Wildman–Crippen LogP) is 1.80. The van der Waals surface area contributed by atoms with Crippen LogP contribution in [0.15, 0.2) is 0 Å². The van der Waals surface area contributed by atoms with Crippen LogP contribution in [-0.4, -0.2) is 16.7 Å². The van der Waals surface area contributed by atoms with E-state index in [0.29, 0.717) is 6.04 Å². The van der Waals surface area contributed by atoms with Gasteiger partial charge < -0.3 is 10.6 Å². The van der Waals surface area contributed by atoms with Gasteiger partial charge in [0.1, 0.15) is 0 Å². The maximum absolute atomic E-state index is 5.16. The Kier molecular flexibility index (Phi) is 2.94. The van der Waals surface area contributed by atoms with Gasteiger partial charge in [0.15, 0.2) is 5.11 Å². The van der Waals surface area contributed by atoms with E-state index < -0.39 is 0 Å². The highest BCUT2D eigenvalue weighted by Crippen LogP contribution is 2.30. The maximum atomic E-state index is 5.16. The van der Waals surface area contributed by atoms with Crippen molar-refractivity contribution in [1.82, 2.24) is 10.6 Å². The van der Waals surface area contributed by atoms with Crippen LogP contribution in [0.4, 0.5) is 0 Å². The van der Waals surface area contributed by atoms with E-state index >= 15 is 0 Å². The Balaban J connectivity index is 2.26. The first-order valence-electron chi connectivity index (χ1n) is 4.60. The van der Waals surface area contributed by atoms with Gasteiger partial charge in [0.25, 0.3) is 0 Å². The number of thiocarbonyl (C=S) groups is 1. The lowest BCUT2D eigenvalue weighted by molar-refractivity contribution is 0.243. The van der Waals surface area contributed by atoms with Gasteiger partial charge in [-0.1, -0.05) is 0 Å². The zero-order valence-corrected chi connectivity index (χ0v) is 8.92. The molecule has 0 aliphatic heterocycles. The van der Waals surface area contributed by atoms with Crippen molar-refractivity contribution in [3.63, 3.8) is 0 Å². The highest BCUT2D eigenvalue weighted by atomic mass is 32.1. The zero-order valence-electron chi connectivity index (χ0n) is 8.11. The van der Waals surface area contributed by atoms with E-state index in [4.69, 9.17) is 12.2 Å². The fourth-order valence-corrected chi connectivity index (χ4v) is 1.89. The summed E-state index contributed by atoms with van der Waals surface area (Å²) < 4.78 is 0. The highest BCUT2D eigenvalue weighted by molar-refractivity contribution is 7.80. The first kappa shape index (κ1) is 9.78. The normalized spacial score (nSPS) is 20.0. The summed E-state index contributed by atoms with van der Waals surface area (Å²) in [7, 11) is 0. The van der Waals surface area contributed by atoms with E-state index in [0.717, 1.165) is 5.11 Å². The fraction of sp³-hybridized carbons (Fsp3) is 0.889. The second kappa shape index (κ2) is 3.60. The molecule has 0 aromatic carbocycles. The van der Waals surface area contributed by atoms with Crippen LogP contribution >= 0.6 is 12.2 Å². The monoisotopic (exact) mass is 186 g/mol. The van der Waals surface area contributed by atoms with Gasteiger partial charge in [0.05, 0.1) is 0 Å². The molecular formula is C9H18N2S. The molecule has 2 nitrogen and oxygen atoms in total. The maximum Gasteiger partial charge on any atom is 0.166 e. The van der Waals surface area contributed by atoms with Gasteiger partial charge in [-0.25, -0.2) is 0 Å². The van der Waals surface area contributed by atoms with Crippen LogP contribution in [0.3, 0.4) is 0 Å². The quantitative estimate of drug-likeness (QED) is 0.643. The summed E-state index contributed by atoms with van der Waals surface area (Å²) in [6.45, 7) is 6.42. The summed E-state index contributed by atoms with van der Waals surface area (Å²) in [5, 5.41) is 7.33. The highest BCUT2D eigenvalue weighted by Gasteiger charge is 2.31. The van der Waals surface area contributed by atoms with Crippen LogP contribution in [0.25, 0.3) is 0 Å². The molecule has 1 saturated carbocycles. The molecule has 70 valence electrons. The van der Waals surface area contributed by atoms with Gasteiger partial charge in [0, 0.05) is 11.6 Å². The van der Waals surface area contributed by atoms with Crippen molar-refractivity contribution < 1.29 is 0 Å². The van der Waals surface area contributed by atoms with Crippen LogP contribution in [-0.2, 0) is 0 Å². The third kappa shape index (κ3) is 2.63. The molecule has 12 heavy (non-hydrogen) atoms. The van der Waals surface area contributed by atoms with E-state index in [1.165, 1.54) is 19.3 Å². The van der Waals surface area contributed by atoms with Crippen molar-refractivity contribution in [2.45, 2.75) is 51.6 Å². The number of rotatable bonds is 2. The van der Waals surface area contributed by atoms with Crippen molar-refractivity contribution in [2.24, 2.45) is 0 Å². The average Bonchev–Trinajstić information content (AvgIpc) is 1.81. The van der Waals surface area contributed by atoms with Gasteiger partial charge in [0.2, 0.25) is 0 Å². The summed E-state index contributed by atoms with van der Waals surface area (Å²) in [5.41, 5.74) is 0.277. The molecule has 0 saturated heterocycles. The largest absolute Gasteiger partial charge is 0.361 e. The van der Waals surface area contributed by atoms with Crippen molar-refractivity contribution >= 4 is 17.3 Å². The Morgan fingerprint density at radius 3 is 2.33 bits per heavy atom. The molecule has 1 rings (SSSR count). The van der Waals surface area contributed by atoms with Crippen molar-refractivity contribution in [2.75, 3.05) is 0 Å². The molecule has 0 aromatic rings. The van der Waals surface area contributed by atoms with Gasteiger partial charge in [-0.05, 0) is 52.3 Å². The van der Waals surface area contributed by atoms with E-state index in [2.05, 4.69) is 31.4 Å². The van der Waals surface area contributed by atoms with Crippen LogP contribution in [0.2, 0.25) is 0 Å². The standard InChI is InChI=1S/C9H18N2S/c1-7(2)10-8(12)11-9(3)5-4-6-9/h7H,4-6H2,1-3H3,(H2,10,11,12). The molecule has 1 aliphatic carbocycles. The van der Waals surface area contributed by atoms with Crippen LogP contribution in [0, 0.1) is 0 Å². The van der Waals surface area contributed by atoms with Gasteiger partial charge >= 0.3 is 0 Å². The second-order valence-corrected chi connectivity index (χ2v) is 4.58. The molecular weight excluding hydrogens is 168 g/mol. The third-order valence-electron chi connectivity index (χ3n) is 2.29. The van der Waals surface area contributed by atoms with Gasteiger partial charge in [-0.15, -0.1) is 0 Å². The molecule has 0 amide bonds. The molecule has 0 bridgehead atoms. The summed E-state index contributed by atoms with van der Waals surface area (Å²) in [6, 6.07) is 0.425. The summed E-state index contributed by atoms with van der Waals surface area (Å²) in [4.78, 5) is 0. The lowest BCUT2D eigenvalue weighted by Crippen LogP contribution is -2.55. The average molecular weight is 186 g/mol. The zero-order chi connectivity index (χ0) is 9.19. The lowest BCUT2D eigenvalue weighted by Gasteiger charge is -2.40. The minimum Gasteiger partial charge on any atom is -0.361 e. The number of hydrogen-bond acceptors (Lipinski definition) is 1. The SMILES string of the molecule is CC(C)NC(=S)NC1(C)CCC1. The first-order chi connectivity index (χ1) is 5.52. The van der Waals surface area contributed by atoms with E-state index in [1.54, 1.807) is 0 Å². The van der Waals surface area contributed by atoms with Gasteiger partial charge in [-0.3, -0.25) is 0 Å². The summed E-state index contributed by atoms with van der Waals surface area (Å²) in [6.07, 6.45) is 3.81. The Morgan fingerprint density at radius 2 is 2.00 bits per heavy atom. The molecule has 0 spiro atoms. The predicted molar refractivity (Wildman–Crippen MR) is 56.3 cm³/mol. The second-order valence-electron chi connectivity index (χ2n) is 4.17. The molecule has 2 N–H and O–H groups in total. The molecule has 0 unspecified atom stereocenters. The smallest absolute Gasteiger partial charge is 0.166 e. The van der Waals surface area contributed by atoms with Crippen LogP contribution in [0.1, 0.15) is 40.0 Å². The Bertz CT molecular complexity index is 173. The molecule has 0 heterocycles. The third-order valence-corrected chi connectivity index (χ3v) is 2.51. The Hall–Kier alpha value is -0.310. The Morgan fingerprint density at radius 1 is 1.42 bits per heavy atom. The molecule has 1 fully saturated rings. The van der Waals surface area contributed by atoms with Crippen LogP contribution in [0.5, 0.6) is 0 Å². The minimum absolute atomic E-state index is 0.277. The molecule has 0 radical (unpaired) electrons. The van der Waals surface area contributed by atoms with E-state index in [9.17, 15) is 0 Å². The van der Waals surface area contributed by atoms with E-state index in [-0.39, 0.29) is 5.54 Å². The summed E-state index contributed by atoms with van der Waals surface area (Å²) >= 11 is 5.16. The summed E-state index contributed by atoms with van der Waals surface area (Å²) in [5.74, 6) is 0.